The summed E-state index contributed by atoms with van der Waals surface area (Å²) in [6.45, 7) is 1.59. The number of carboxylic acid groups (broad SMARTS) is 1. The van der Waals surface area contributed by atoms with Gasteiger partial charge in [0.2, 0.25) is 11.8 Å². The van der Waals surface area contributed by atoms with Gasteiger partial charge in [-0.3, -0.25) is 9.59 Å². The van der Waals surface area contributed by atoms with Crippen molar-refractivity contribution in [2.75, 3.05) is 39.3 Å². The molecule has 10 N–H and O–H groups in total. The second kappa shape index (κ2) is 17.9. The third kappa shape index (κ3) is 14.1. The second-order valence-electron chi connectivity index (χ2n) is 7.27. The molecule has 0 aromatic carbocycles. The first-order valence-corrected chi connectivity index (χ1v) is 10.6. The normalized spacial score (nSPS) is 12.8. The molecule has 0 saturated carbocycles. The van der Waals surface area contributed by atoms with Gasteiger partial charge in [0.1, 0.15) is 6.61 Å². The average molecular weight is 433 g/mol. The van der Waals surface area contributed by atoms with E-state index in [0.29, 0.717) is 45.4 Å². The lowest BCUT2D eigenvalue weighted by Gasteiger charge is -2.26. The quantitative estimate of drug-likeness (QED) is 0.120. The van der Waals surface area contributed by atoms with Crippen molar-refractivity contribution in [1.82, 2.24) is 10.2 Å². The van der Waals surface area contributed by atoms with E-state index in [2.05, 4.69) is 10.1 Å². The second-order valence-corrected chi connectivity index (χ2v) is 7.27. The number of unbranched alkanes of at least 4 members (excludes halogenated alkanes) is 3. The largest absolute Gasteiger partial charge is 0.505 e. The SMILES string of the molecule is NCCCC[C@H](COC(=O)O)NC(=O)CN(CCCCN)C(=O)[C@@H](N)CCCCN. The predicted octanol–water partition coefficient (Wildman–Crippen LogP) is -0.681. The van der Waals surface area contributed by atoms with Crippen molar-refractivity contribution in [2.24, 2.45) is 22.9 Å². The zero-order valence-corrected chi connectivity index (χ0v) is 17.9. The highest BCUT2D eigenvalue weighted by Crippen LogP contribution is 2.06. The summed E-state index contributed by atoms with van der Waals surface area (Å²) in [5, 5.41) is 11.5. The maximum atomic E-state index is 12.7. The summed E-state index contributed by atoms with van der Waals surface area (Å²) < 4.78 is 4.61. The summed E-state index contributed by atoms with van der Waals surface area (Å²) >= 11 is 0. The average Bonchev–Trinajstić information content (AvgIpc) is 2.70. The zero-order valence-electron chi connectivity index (χ0n) is 17.9. The fourth-order valence-corrected chi connectivity index (χ4v) is 2.93. The number of ether oxygens (including phenoxy) is 1. The van der Waals surface area contributed by atoms with Gasteiger partial charge >= 0.3 is 6.16 Å². The highest BCUT2D eigenvalue weighted by Gasteiger charge is 2.24. The summed E-state index contributed by atoms with van der Waals surface area (Å²) in [5.41, 5.74) is 22.5. The van der Waals surface area contributed by atoms with Gasteiger partial charge in [0.05, 0.1) is 18.6 Å². The van der Waals surface area contributed by atoms with Crippen LogP contribution < -0.4 is 28.3 Å². The van der Waals surface area contributed by atoms with Crippen LogP contribution in [0.1, 0.15) is 51.4 Å². The summed E-state index contributed by atoms with van der Waals surface area (Å²) in [6, 6.07) is -1.18. The molecule has 0 aromatic rings. The summed E-state index contributed by atoms with van der Waals surface area (Å²) in [6.07, 6.45) is 3.99. The van der Waals surface area contributed by atoms with E-state index in [-0.39, 0.29) is 19.1 Å². The van der Waals surface area contributed by atoms with Crippen molar-refractivity contribution >= 4 is 18.0 Å². The van der Waals surface area contributed by atoms with Crippen molar-refractivity contribution < 1.29 is 24.2 Å². The highest BCUT2D eigenvalue weighted by atomic mass is 16.7. The van der Waals surface area contributed by atoms with Crippen LogP contribution in [-0.4, -0.2) is 79.4 Å². The van der Waals surface area contributed by atoms with Crippen LogP contribution in [0.15, 0.2) is 0 Å². The molecule has 2 atom stereocenters. The Morgan fingerprint density at radius 3 is 2.03 bits per heavy atom. The van der Waals surface area contributed by atoms with Crippen LogP contribution in [0.25, 0.3) is 0 Å². The molecule has 0 aliphatic carbocycles. The Kier molecular flexibility index (Phi) is 16.7. The van der Waals surface area contributed by atoms with Gasteiger partial charge in [0, 0.05) is 6.54 Å². The molecule has 0 unspecified atom stereocenters. The number of amides is 2. The smallest absolute Gasteiger partial charge is 0.450 e. The van der Waals surface area contributed by atoms with E-state index in [1.54, 1.807) is 0 Å². The Morgan fingerprint density at radius 2 is 1.47 bits per heavy atom. The minimum absolute atomic E-state index is 0.158. The van der Waals surface area contributed by atoms with Crippen molar-refractivity contribution in [3.05, 3.63) is 0 Å². The molecular formula is C19H40N6O5. The van der Waals surface area contributed by atoms with Crippen molar-refractivity contribution in [3.8, 4) is 0 Å². The Bertz CT molecular complexity index is 494. The fraction of sp³-hybridized carbons (Fsp3) is 0.842. The lowest BCUT2D eigenvalue weighted by molar-refractivity contribution is -0.137. The summed E-state index contributed by atoms with van der Waals surface area (Å²) in [7, 11) is 0. The van der Waals surface area contributed by atoms with Gasteiger partial charge in [0.15, 0.2) is 0 Å². The van der Waals surface area contributed by atoms with Crippen LogP contribution >= 0.6 is 0 Å². The summed E-state index contributed by atoms with van der Waals surface area (Å²) in [4.78, 5) is 37.4. The van der Waals surface area contributed by atoms with E-state index in [1.165, 1.54) is 4.90 Å². The Labute approximate surface area is 178 Å². The molecule has 0 aromatic heterocycles. The minimum atomic E-state index is -1.41. The Balaban J connectivity index is 4.89. The van der Waals surface area contributed by atoms with Crippen molar-refractivity contribution in [3.63, 3.8) is 0 Å². The number of carbonyl (C=O) groups is 3. The first-order chi connectivity index (χ1) is 14.3. The molecular weight excluding hydrogens is 392 g/mol. The van der Waals surface area contributed by atoms with Gasteiger partial charge in [-0.25, -0.2) is 4.79 Å². The van der Waals surface area contributed by atoms with Crippen LogP contribution in [0.5, 0.6) is 0 Å². The molecule has 0 bridgehead atoms. The zero-order chi connectivity index (χ0) is 22.8. The molecule has 30 heavy (non-hydrogen) atoms. The van der Waals surface area contributed by atoms with Crippen molar-refractivity contribution in [2.45, 2.75) is 63.5 Å². The molecule has 11 heteroatoms. The molecule has 0 rings (SSSR count). The van der Waals surface area contributed by atoms with Gasteiger partial charge < -0.3 is 43.0 Å². The lowest BCUT2D eigenvalue weighted by Crippen LogP contribution is -2.50. The highest BCUT2D eigenvalue weighted by molar-refractivity contribution is 5.87. The van der Waals surface area contributed by atoms with Gasteiger partial charge in [-0.05, 0) is 58.2 Å². The van der Waals surface area contributed by atoms with E-state index < -0.39 is 24.1 Å². The van der Waals surface area contributed by atoms with Crippen LogP contribution in [-0.2, 0) is 14.3 Å². The third-order valence-electron chi connectivity index (χ3n) is 4.59. The molecule has 176 valence electrons. The maximum absolute atomic E-state index is 12.7. The van der Waals surface area contributed by atoms with Crippen LogP contribution in [0, 0.1) is 0 Å². The topological polar surface area (TPSA) is 200 Å². The first kappa shape index (κ1) is 28.1. The molecule has 0 spiro atoms. The molecule has 0 radical (unpaired) electrons. The van der Waals surface area contributed by atoms with Crippen LogP contribution in [0.2, 0.25) is 0 Å². The minimum Gasteiger partial charge on any atom is -0.450 e. The molecule has 0 fully saturated rings. The van der Waals surface area contributed by atoms with Gasteiger partial charge in [-0.2, -0.15) is 0 Å². The van der Waals surface area contributed by atoms with Gasteiger partial charge in [0.25, 0.3) is 0 Å². The van der Waals surface area contributed by atoms with Crippen LogP contribution in [0.4, 0.5) is 4.79 Å². The number of nitrogens with two attached hydrogens (primary N) is 4. The van der Waals surface area contributed by atoms with E-state index in [0.717, 1.165) is 32.1 Å². The van der Waals surface area contributed by atoms with E-state index in [4.69, 9.17) is 28.0 Å². The number of carbonyl (C=O) groups excluding carboxylic acids is 2. The van der Waals surface area contributed by atoms with E-state index >= 15 is 0 Å². The maximum Gasteiger partial charge on any atom is 0.505 e. The standard InChI is InChI=1S/C19H40N6O5/c20-9-3-1-7-15(14-30-19(28)29)24-17(26)13-25(12-6-5-11-22)18(27)16(23)8-2-4-10-21/h15-16H,1-14,20-23H2,(H,24,26)(H,28,29)/t15-,16+/m1/s1. The monoisotopic (exact) mass is 432 g/mol. The number of hydrogen-bond acceptors (Lipinski definition) is 8. The molecule has 2 amide bonds. The third-order valence-corrected chi connectivity index (χ3v) is 4.59. The Morgan fingerprint density at radius 1 is 0.900 bits per heavy atom. The molecule has 0 heterocycles. The van der Waals surface area contributed by atoms with E-state index in [9.17, 15) is 14.4 Å². The summed E-state index contributed by atoms with van der Waals surface area (Å²) in [5.74, 6) is -0.683. The number of rotatable bonds is 18. The predicted molar refractivity (Wildman–Crippen MR) is 115 cm³/mol. The van der Waals surface area contributed by atoms with E-state index in [1.807, 2.05) is 0 Å². The van der Waals surface area contributed by atoms with Gasteiger partial charge in [-0.1, -0.05) is 12.8 Å². The fourth-order valence-electron chi connectivity index (χ4n) is 2.93. The molecule has 0 saturated heterocycles. The van der Waals surface area contributed by atoms with Crippen LogP contribution in [0.3, 0.4) is 0 Å². The Hall–Kier alpha value is -1.95. The lowest BCUT2D eigenvalue weighted by atomic mass is 10.1. The molecule has 0 aliphatic heterocycles. The van der Waals surface area contributed by atoms with Crippen molar-refractivity contribution in [1.29, 1.82) is 0 Å². The number of nitrogens with one attached hydrogen (secondary N) is 1. The molecule has 0 aliphatic rings. The first-order valence-electron chi connectivity index (χ1n) is 10.6. The molecule has 11 nitrogen and oxygen atoms in total. The van der Waals surface area contributed by atoms with Gasteiger partial charge in [-0.15, -0.1) is 0 Å². The number of hydrogen-bond donors (Lipinski definition) is 6. The number of nitrogens with zero attached hydrogens (tertiary/aromatic N) is 1.